The molecule has 1 saturated heterocycles. The Morgan fingerprint density at radius 2 is 2.33 bits per heavy atom. The zero-order valence-corrected chi connectivity index (χ0v) is 13.7. The van der Waals surface area contributed by atoms with E-state index in [-0.39, 0.29) is 17.7 Å². The molecule has 3 aromatic rings. The van der Waals surface area contributed by atoms with Crippen LogP contribution in [0.4, 0.5) is 5.69 Å². The standard InChI is InChI=1S/C16H16N4O3S/c21-15(10-24-16-19-13-3-1-2-4-14(13)23-16)18-11-7-17-20(8-11)12-5-6-22-9-12/h1-4,7-8,12H,5-6,9-10H2,(H,18,21)/t12-/m0/s1. The molecule has 1 atom stereocenters. The minimum atomic E-state index is -0.121. The maximum absolute atomic E-state index is 12.1. The van der Waals surface area contributed by atoms with Crippen molar-refractivity contribution < 1.29 is 13.9 Å². The highest BCUT2D eigenvalue weighted by Gasteiger charge is 2.18. The van der Waals surface area contributed by atoms with E-state index in [9.17, 15) is 4.79 Å². The van der Waals surface area contributed by atoms with Gasteiger partial charge in [0.2, 0.25) is 5.91 Å². The van der Waals surface area contributed by atoms with E-state index in [1.807, 2.05) is 35.1 Å². The van der Waals surface area contributed by atoms with E-state index in [0.717, 1.165) is 24.1 Å². The Bertz CT molecular complexity index is 821. The highest BCUT2D eigenvalue weighted by atomic mass is 32.2. The van der Waals surface area contributed by atoms with Gasteiger partial charge in [-0.3, -0.25) is 9.48 Å². The summed E-state index contributed by atoms with van der Waals surface area (Å²) in [4.78, 5) is 16.4. The molecule has 0 spiro atoms. The maximum atomic E-state index is 12.1. The summed E-state index contributed by atoms with van der Waals surface area (Å²) in [6.07, 6.45) is 4.43. The summed E-state index contributed by atoms with van der Waals surface area (Å²) in [6, 6.07) is 7.78. The van der Waals surface area contributed by atoms with Crippen LogP contribution in [0.3, 0.4) is 0 Å². The molecule has 1 aromatic carbocycles. The van der Waals surface area contributed by atoms with Crippen LogP contribution >= 0.6 is 11.8 Å². The summed E-state index contributed by atoms with van der Waals surface area (Å²) in [5, 5.41) is 7.61. The lowest BCUT2D eigenvalue weighted by atomic mass is 10.3. The van der Waals surface area contributed by atoms with E-state index < -0.39 is 0 Å². The number of benzene rings is 1. The first-order valence-corrected chi connectivity index (χ1v) is 8.66. The number of amides is 1. The zero-order valence-electron chi connectivity index (χ0n) is 12.8. The number of nitrogens with zero attached hydrogens (tertiary/aromatic N) is 3. The van der Waals surface area contributed by atoms with Crippen molar-refractivity contribution in [2.45, 2.75) is 17.7 Å². The summed E-state index contributed by atoms with van der Waals surface area (Å²) in [5.41, 5.74) is 2.20. The maximum Gasteiger partial charge on any atom is 0.257 e. The van der Waals surface area contributed by atoms with Crippen LogP contribution in [0, 0.1) is 0 Å². The number of para-hydroxylation sites is 2. The van der Waals surface area contributed by atoms with Gasteiger partial charge in [-0.15, -0.1) is 0 Å². The average molecular weight is 344 g/mol. The minimum Gasteiger partial charge on any atom is -0.431 e. The first kappa shape index (κ1) is 15.2. The molecular weight excluding hydrogens is 328 g/mol. The fourth-order valence-corrected chi connectivity index (χ4v) is 3.21. The second-order valence-corrected chi connectivity index (χ2v) is 6.44. The number of nitrogens with one attached hydrogen (secondary N) is 1. The number of fused-ring (bicyclic) bond motifs is 1. The second kappa shape index (κ2) is 6.66. The molecule has 2 aromatic heterocycles. The molecule has 7 nitrogen and oxygen atoms in total. The topological polar surface area (TPSA) is 82.2 Å². The lowest BCUT2D eigenvalue weighted by molar-refractivity contribution is -0.113. The van der Waals surface area contributed by atoms with Gasteiger partial charge in [-0.05, 0) is 18.6 Å². The fraction of sp³-hybridized carbons (Fsp3) is 0.312. The Balaban J connectivity index is 1.33. The van der Waals surface area contributed by atoms with Crippen molar-refractivity contribution in [3.8, 4) is 0 Å². The normalized spacial score (nSPS) is 17.4. The number of carbonyl (C=O) groups is 1. The van der Waals surface area contributed by atoms with Gasteiger partial charge in [-0.2, -0.15) is 5.10 Å². The van der Waals surface area contributed by atoms with Crippen LogP contribution in [-0.2, 0) is 9.53 Å². The number of aromatic nitrogens is 3. The van der Waals surface area contributed by atoms with Gasteiger partial charge in [-0.25, -0.2) is 4.98 Å². The van der Waals surface area contributed by atoms with Gasteiger partial charge < -0.3 is 14.5 Å². The zero-order chi connectivity index (χ0) is 16.4. The molecule has 24 heavy (non-hydrogen) atoms. The van der Waals surface area contributed by atoms with Gasteiger partial charge >= 0.3 is 0 Å². The van der Waals surface area contributed by atoms with Crippen LogP contribution in [0.1, 0.15) is 12.5 Å². The van der Waals surface area contributed by atoms with Gasteiger partial charge in [0.1, 0.15) is 5.52 Å². The van der Waals surface area contributed by atoms with Crippen LogP contribution in [0.25, 0.3) is 11.1 Å². The molecular formula is C16H16N4O3S. The van der Waals surface area contributed by atoms with Gasteiger partial charge in [0.15, 0.2) is 5.58 Å². The molecule has 0 unspecified atom stereocenters. The average Bonchev–Trinajstić information content (AvgIpc) is 3.32. The first-order valence-electron chi connectivity index (χ1n) is 7.68. The molecule has 8 heteroatoms. The third-order valence-corrected chi connectivity index (χ3v) is 4.59. The fourth-order valence-electron chi connectivity index (χ4n) is 2.57. The van der Waals surface area contributed by atoms with Crippen LogP contribution in [0.15, 0.2) is 46.3 Å². The molecule has 0 radical (unpaired) electrons. The molecule has 0 bridgehead atoms. The number of oxazole rings is 1. The number of rotatable bonds is 5. The van der Waals surface area contributed by atoms with Crippen molar-refractivity contribution in [3.63, 3.8) is 0 Å². The predicted octanol–water partition coefficient (Wildman–Crippen LogP) is 2.72. The molecule has 0 saturated carbocycles. The smallest absolute Gasteiger partial charge is 0.257 e. The molecule has 3 heterocycles. The Hall–Kier alpha value is -2.32. The number of hydrogen-bond acceptors (Lipinski definition) is 6. The molecule has 124 valence electrons. The van der Waals surface area contributed by atoms with Crippen molar-refractivity contribution in [2.24, 2.45) is 0 Å². The summed E-state index contributed by atoms with van der Waals surface area (Å²) < 4.78 is 12.8. The number of ether oxygens (including phenoxy) is 1. The Morgan fingerprint density at radius 3 is 3.17 bits per heavy atom. The van der Waals surface area contributed by atoms with Crippen LogP contribution in [-0.4, -0.2) is 39.6 Å². The quantitative estimate of drug-likeness (QED) is 0.717. The van der Waals surface area contributed by atoms with E-state index in [2.05, 4.69) is 15.4 Å². The SMILES string of the molecule is O=C(CSc1nc2ccccc2o1)Nc1cnn([C@H]2CCOC2)c1. The minimum absolute atomic E-state index is 0.121. The monoisotopic (exact) mass is 344 g/mol. The number of anilines is 1. The van der Waals surface area contributed by atoms with Crippen LogP contribution < -0.4 is 5.32 Å². The van der Waals surface area contributed by atoms with Crippen molar-refractivity contribution >= 4 is 34.5 Å². The van der Waals surface area contributed by atoms with E-state index >= 15 is 0 Å². The highest BCUT2D eigenvalue weighted by molar-refractivity contribution is 7.99. The van der Waals surface area contributed by atoms with E-state index in [0.29, 0.717) is 17.5 Å². The van der Waals surface area contributed by atoms with Crippen LogP contribution in [0.2, 0.25) is 0 Å². The van der Waals surface area contributed by atoms with Crippen molar-refractivity contribution in [1.29, 1.82) is 0 Å². The molecule has 1 fully saturated rings. The third-order valence-electron chi connectivity index (χ3n) is 3.77. The lowest BCUT2D eigenvalue weighted by Gasteiger charge is -2.06. The summed E-state index contributed by atoms with van der Waals surface area (Å²) in [7, 11) is 0. The Kier molecular flexibility index (Phi) is 4.22. The second-order valence-electron chi connectivity index (χ2n) is 5.51. The molecule has 1 amide bonds. The molecule has 1 N–H and O–H groups in total. The number of thioether (sulfide) groups is 1. The Morgan fingerprint density at radius 1 is 1.42 bits per heavy atom. The number of carbonyl (C=O) groups excluding carboxylic acids is 1. The van der Waals surface area contributed by atoms with Crippen molar-refractivity contribution in [1.82, 2.24) is 14.8 Å². The lowest BCUT2D eigenvalue weighted by Crippen LogP contribution is -2.14. The number of hydrogen-bond donors (Lipinski definition) is 1. The highest BCUT2D eigenvalue weighted by Crippen LogP contribution is 2.23. The van der Waals surface area contributed by atoms with Crippen molar-refractivity contribution in [2.75, 3.05) is 24.3 Å². The van der Waals surface area contributed by atoms with E-state index in [1.165, 1.54) is 11.8 Å². The van der Waals surface area contributed by atoms with Gasteiger partial charge in [-0.1, -0.05) is 23.9 Å². The summed E-state index contributed by atoms with van der Waals surface area (Å²) in [6.45, 7) is 1.43. The molecule has 0 aliphatic carbocycles. The largest absolute Gasteiger partial charge is 0.431 e. The van der Waals surface area contributed by atoms with Gasteiger partial charge in [0, 0.05) is 12.8 Å². The summed E-state index contributed by atoms with van der Waals surface area (Å²) in [5.74, 6) is 0.106. The Labute approximate surface area is 142 Å². The molecule has 4 rings (SSSR count). The third kappa shape index (κ3) is 3.29. The molecule has 1 aliphatic heterocycles. The first-order chi connectivity index (χ1) is 11.8. The van der Waals surface area contributed by atoms with Gasteiger partial charge in [0.05, 0.1) is 30.3 Å². The van der Waals surface area contributed by atoms with Gasteiger partial charge in [0.25, 0.3) is 5.22 Å². The van der Waals surface area contributed by atoms with E-state index in [1.54, 1.807) is 6.20 Å². The van der Waals surface area contributed by atoms with Crippen molar-refractivity contribution in [3.05, 3.63) is 36.7 Å². The van der Waals surface area contributed by atoms with E-state index in [4.69, 9.17) is 9.15 Å². The predicted molar refractivity (Wildman–Crippen MR) is 90.1 cm³/mol. The van der Waals surface area contributed by atoms with Crippen LogP contribution in [0.5, 0.6) is 0 Å². The molecule has 1 aliphatic rings. The summed E-state index contributed by atoms with van der Waals surface area (Å²) >= 11 is 1.27.